The predicted molar refractivity (Wildman–Crippen MR) is 62.9 cm³/mol. The fourth-order valence-electron chi connectivity index (χ4n) is 1.44. The van der Waals surface area contributed by atoms with Crippen LogP contribution in [0.2, 0.25) is 0 Å². The van der Waals surface area contributed by atoms with Crippen LogP contribution in [-0.4, -0.2) is 17.1 Å². The van der Waals surface area contributed by atoms with Gasteiger partial charge in [-0.2, -0.15) is 0 Å². The van der Waals surface area contributed by atoms with Crippen LogP contribution in [0.15, 0.2) is 30.3 Å². The van der Waals surface area contributed by atoms with Gasteiger partial charge in [-0.05, 0) is 12.0 Å². The van der Waals surface area contributed by atoms with E-state index < -0.39 is 12.0 Å². The summed E-state index contributed by atoms with van der Waals surface area (Å²) in [6.45, 7) is 1.92. The summed E-state index contributed by atoms with van der Waals surface area (Å²) in [7, 11) is 0. The van der Waals surface area contributed by atoms with Crippen molar-refractivity contribution < 1.29 is 9.90 Å². The molecule has 0 saturated carbocycles. The van der Waals surface area contributed by atoms with Crippen LogP contribution in [-0.2, 0) is 4.79 Å². The number of hydrogen-bond acceptors (Lipinski definition) is 2. The fraction of sp³-hybridized carbons (Fsp3) is 0.308. The second-order valence-corrected chi connectivity index (χ2v) is 3.48. The van der Waals surface area contributed by atoms with E-state index in [0.717, 1.165) is 0 Å². The Labute approximate surface area is 95.5 Å². The van der Waals surface area contributed by atoms with Gasteiger partial charge in [-0.3, -0.25) is 10.1 Å². The zero-order valence-electron chi connectivity index (χ0n) is 9.18. The Kier molecular flexibility index (Phi) is 4.56. The molecular weight excluding hydrogens is 202 g/mol. The minimum Gasteiger partial charge on any atom is -0.480 e. The number of carboxylic acid groups (broad SMARTS) is 1. The molecule has 0 aliphatic rings. The Balaban J connectivity index is 2.85. The van der Waals surface area contributed by atoms with Crippen LogP contribution < -0.4 is 5.32 Å². The monoisotopic (exact) mass is 217 g/mol. The number of terminal acetylenes is 1. The van der Waals surface area contributed by atoms with Gasteiger partial charge in [0.1, 0.15) is 6.04 Å². The van der Waals surface area contributed by atoms with Crippen molar-refractivity contribution in [3.63, 3.8) is 0 Å². The summed E-state index contributed by atoms with van der Waals surface area (Å²) in [4.78, 5) is 11.1. The molecule has 3 heteroatoms. The maximum atomic E-state index is 11.1. The average Bonchev–Trinajstić information content (AvgIpc) is 2.31. The quantitative estimate of drug-likeness (QED) is 0.739. The third kappa shape index (κ3) is 3.11. The van der Waals surface area contributed by atoms with Crippen LogP contribution in [0.25, 0.3) is 0 Å². The molecule has 2 atom stereocenters. The van der Waals surface area contributed by atoms with E-state index in [2.05, 4.69) is 11.2 Å². The number of carbonyl (C=O) groups is 1. The standard InChI is InChI=1S/C13H15NO2/c1-3-11(4-2)14-12(13(15)16)10-8-6-5-7-9-10/h1,5-9,11-12,14H,4H2,2H3,(H,15,16). The molecule has 1 aromatic rings. The first-order valence-electron chi connectivity index (χ1n) is 5.19. The number of carboxylic acids is 1. The molecule has 0 amide bonds. The van der Waals surface area contributed by atoms with Crippen molar-refractivity contribution in [1.29, 1.82) is 0 Å². The summed E-state index contributed by atoms with van der Waals surface area (Å²) < 4.78 is 0. The molecule has 0 aliphatic heterocycles. The summed E-state index contributed by atoms with van der Waals surface area (Å²) in [5.74, 6) is 1.62. The number of benzene rings is 1. The molecule has 0 fully saturated rings. The van der Waals surface area contributed by atoms with E-state index in [0.29, 0.717) is 12.0 Å². The third-order valence-corrected chi connectivity index (χ3v) is 2.36. The molecule has 0 aromatic heterocycles. The van der Waals surface area contributed by atoms with Crippen molar-refractivity contribution in [1.82, 2.24) is 5.32 Å². The van der Waals surface area contributed by atoms with Gasteiger partial charge in [0.05, 0.1) is 6.04 Å². The van der Waals surface area contributed by atoms with Crippen LogP contribution >= 0.6 is 0 Å². The highest BCUT2D eigenvalue weighted by Gasteiger charge is 2.21. The molecule has 2 unspecified atom stereocenters. The summed E-state index contributed by atoms with van der Waals surface area (Å²) in [5, 5.41) is 12.1. The van der Waals surface area contributed by atoms with Crippen LogP contribution in [0.4, 0.5) is 0 Å². The van der Waals surface area contributed by atoms with Gasteiger partial charge in [0, 0.05) is 0 Å². The predicted octanol–water partition coefficient (Wildman–Crippen LogP) is 1.81. The molecule has 0 saturated heterocycles. The maximum absolute atomic E-state index is 11.1. The Morgan fingerprint density at radius 2 is 2.12 bits per heavy atom. The number of hydrogen-bond donors (Lipinski definition) is 2. The fourth-order valence-corrected chi connectivity index (χ4v) is 1.44. The van der Waals surface area contributed by atoms with Crippen LogP contribution in [0.5, 0.6) is 0 Å². The minimum absolute atomic E-state index is 0.221. The lowest BCUT2D eigenvalue weighted by molar-refractivity contribution is -0.139. The van der Waals surface area contributed by atoms with Gasteiger partial charge < -0.3 is 5.11 Å². The van der Waals surface area contributed by atoms with Crippen LogP contribution in [0.1, 0.15) is 24.9 Å². The van der Waals surface area contributed by atoms with E-state index in [1.54, 1.807) is 12.1 Å². The second-order valence-electron chi connectivity index (χ2n) is 3.48. The first kappa shape index (κ1) is 12.3. The average molecular weight is 217 g/mol. The molecule has 16 heavy (non-hydrogen) atoms. The van der Waals surface area contributed by atoms with Crippen LogP contribution in [0, 0.1) is 12.3 Å². The summed E-state index contributed by atoms with van der Waals surface area (Å²) in [5.41, 5.74) is 0.712. The van der Waals surface area contributed by atoms with Crippen molar-refractivity contribution in [2.24, 2.45) is 0 Å². The van der Waals surface area contributed by atoms with Gasteiger partial charge in [0.15, 0.2) is 0 Å². The molecule has 2 N–H and O–H groups in total. The van der Waals surface area contributed by atoms with E-state index in [-0.39, 0.29) is 6.04 Å². The molecule has 1 aromatic carbocycles. The lowest BCUT2D eigenvalue weighted by Crippen LogP contribution is -2.35. The second kappa shape index (κ2) is 5.94. The molecule has 84 valence electrons. The first-order chi connectivity index (χ1) is 7.69. The van der Waals surface area contributed by atoms with Crippen molar-refractivity contribution in [3.8, 4) is 12.3 Å². The lowest BCUT2D eigenvalue weighted by atomic mass is 10.1. The molecule has 0 spiro atoms. The van der Waals surface area contributed by atoms with Gasteiger partial charge in [-0.25, -0.2) is 0 Å². The largest absolute Gasteiger partial charge is 0.480 e. The highest BCUT2D eigenvalue weighted by atomic mass is 16.4. The smallest absolute Gasteiger partial charge is 0.325 e. The first-order valence-corrected chi connectivity index (χ1v) is 5.19. The molecular formula is C13H15NO2. The number of nitrogens with one attached hydrogen (secondary N) is 1. The molecule has 0 heterocycles. The topological polar surface area (TPSA) is 49.3 Å². The van der Waals surface area contributed by atoms with Gasteiger partial charge in [-0.15, -0.1) is 6.42 Å². The third-order valence-electron chi connectivity index (χ3n) is 2.36. The Morgan fingerprint density at radius 1 is 1.50 bits per heavy atom. The molecule has 0 aliphatic carbocycles. The van der Waals surface area contributed by atoms with Gasteiger partial charge in [0.2, 0.25) is 0 Å². The summed E-state index contributed by atoms with van der Waals surface area (Å²) in [6.07, 6.45) is 6.01. The highest BCUT2D eigenvalue weighted by molar-refractivity contribution is 5.75. The summed E-state index contributed by atoms with van der Waals surface area (Å²) >= 11 is 0. The van der Waals surface area contributed by atoms with E-state index in [1.807, 2.05) is 25.1 Å². The molecule has 3 nitrogen and oxygen atoms in total. The molecule has 1 rings (SSSR count). The van der Waals surface area contributed by atoms with Gasteiger partial charge >= 0.3 is 5.97 Å². The van der Waals surface area contributed by atoms with E-state index >= 15 is 0 Å². The lowest BCUT2D eigenvalue weighted by Gasteiger charge is -2.18. The Morgan fingerprint density at radius 3 is 2.56 bits per heavy atom. The number of aliphatic carboxylic acids is 1. The summed E-state index contributed by atoms with van der Waals surface area (Å²) in [6, 6.07) is 8.04. The minimum atomic E-state index is -0.917. The normalized spacial score (nSPS) is 13.8. The SMILES string of the molecule is C#CC(CC)NC(C(=O)O)c1ccccc1. The van der Waals surface area contributed by atoms with Crippen LogP contribution in [0.3, 0.4) is 0 Å². The Bertz CT molecular complexity index is 381. The number of rotatable bonds is 5. The van der Waals surface area contributed by atoms with Crippen molar-refractivity contribution in [2.45, 2.75) is 25.4 Å². The zero-order valence-corrected chi connectivity index (χ0v) is 9.18. The Hall–Kier alpha value is -1.79. The van der Waals surface area contributed by atoms with Crippen molar-refractivity contribution >= 4 is 5.97 Å². The zero-order chi connectivity index (χ0) is 12.0. The molecule has 0 radical (unpaired) electrons. The highest BCUT2D eigenvalue weighted by Crippen LogP contribution is 2.13. The van der Waals surface area contributed by atoms with Crippen molar-refractivity contribution in [3.05, 3.63) is 35.9 Å². The van der Waals surface area contributed by atoms with E-state index in [4.69, 9.17) is 11.5 Å². The van der Waals surface area contributed by atoms with Crippen molar-refractivity contribution in [2.75, 3.05) is 0 Å². The maximum Gasteiger partial charge on any atom is 0.325 e. The van der Waals surface area contributed by atoms with E-state index in [1.165, 1.54) is 0 Å². The van der Waals surface area contributed by atoms with E-state index in [9.17, 15) is 4.79 Å². The van der Waals surface area contributed by atoms with Gasteiger partial charge in [-0.1, -0.05) is 43.2 Å². The molecule has 0 bridgehead atoms. The van der Waals surface area contributed by atoms with Gasteiger partial charge in [0.25, 0.3) is 0 Å².